The fraction of sp³-hybridized carbons (Fsp3) is 0.182. The van der Waals surface area contributed by atoms with E-state index in [4.69, 9.17) is 0 Å². The zero-order valence-corrected chi connectivity index (χ0v) is 7.08. The highest BCUT2D eigenvalue weighted by Crippen LogP contribution is 2.04. The van der Waals surface area contributed by atoms with Crippen LogP contribution in [0, 0.1) is 6.08 Å². The van der Waals surface area contributed by atoms with Gasteiger partial charge in [-0.25, -0.2) is 0 Å². The van der Waals surface area contributed by atoms with Gasteiger partial charge >= 0.3 is 0 Å². The van der Waals surface area contributed by atoms with Crippen LogP contribution in [0.15, 0.2) is 24.3 Å². The highest BCUT2D eigenvalue weighted by molar-refractivity contribution is 5.75. The first-order valence-corrected chi connectivity index (χ1v) is 3.98. The van der Waals surface area contributed by atoms with Gasteiger partial charge in [0.05, 0.1) is 0 Å². The van der Waals surface area contributed by atoms with Crippen LogP contribution in [-0.4, -0.2) is 6.29 Å². The summed E-state index contributed by atoms with van der Waals surface area (Å²) < 4.78 is 0. The second kappa shape index (κ2) is 4.50. The number of benzene rings is 1. The highest BCUT2D eigenvalue weighted by atomic mass is 16.1. The molecule has 0 bridgehead atoms. The van der Waals surface area contributed by atoms with Gasteiger partial charge in [-0.2, -0.15) is 0 Å². The van der Waals surface area contributed by atoms with E-state index < -0.39 is 0 Å². The Balaban J connectivity index is 2.77. The quantitative estimate of drug-likeness (QED) is 0.620. The minimum Gasteiger partial charge on any atom is -0.298 e. The zero-order chi connectivity index (χ0) is 8.81. The Morgan fingerprint density at radius 3 is 2.33 bits per heavy atom. The number of aldehydes is 1. The Hall–Kier alpha value is -1.37. The largest absolute Gasteiger partial charge is 0.298 e. The molecule has 1 radical (unpaired) electrons. The minimum atomic E-state index is 0.712. The van der Waals surface area contributed by atoms with Crippen molar-refractivity contribution in [3.63, 3.8) is 0 Å². The molecule has 12 heavy (non-hydrogen) atoms. The molecule has 1 aromatic carbocycles. The average molecular weight is 159 g/mol. The van der Waals surface area contributed by atoms with E-state index in [-0.39, 0.29) is 0 Å². The van der Waals surface area contributed by atoms with Gasteiger partial charge < -0.3 is 0 Å². The van der Waals surface area contributed by atoms with E-state index in [1.165, 1.54) is 0 Å². The molecule has 1 nitrogen and oxygen atoms in total. The number of allylic oxidation sites excluding steroid dienone is 1. The van der Waals surface area contributed by atoms with Gasteiger partial charge in [0.2, 0.25) is 0 Å². The van der Waals surface area contributed by atoms with Crippen molar-refractivity contribution in [2.45, 2.75) is 13.3 Å². The van der Waals surface area contributed by atoms with Gasteiger partial charge in [-0.1, -0.05) is 37.3 Å². The maximum absolute atomic E-state index is 10.3. The van der Waals surface area contributed by atoms with Crippen LogP contribution >= 0.6 is 0 Å². The lowest BCUT2D eigenvalue weighted by molar-refractivity contribution is 0.112. The molecule has 0 fully saturated rings. The van der Waals surface area contributed by atoms with Crippen molar-refractivity contribution in [3.8, 4) is 0 Å². The molecule has 0 heterocycles. The van der Waals surface area contributed by atoms with E-state index in [9.17, 15) is 4.79 Å². The molecular formula is C11H11O. The van der Waals surface area contributed by atoms with Crippen LogP contribution < -0.4 is 0 Å². The molecule has 0 saturated carbocycles. The second-order valence-electron chi connectivity index (χ2n) is 2.49. The summed E-state index contributed by atoms with van der Waals surface area (Å²) in [6, 6.07) is 7.42. The minimum absolute atomic E-state index is 0.712. The van der Waals surface area contributed by atoms with Gasteiger partial charge in [0.1, 0.15) is 6.29 Å². The molecule has 0 aliphatic heterocycles. The predicted octanol–water partition coefficient (Wildman–Crippen LogP) is 2.73. The topological polar surface area (TPSA) is 17.1 Å². The molecule has 1 rings (SSSR count). The average Bonchev–Trinajstić information content (AvgIpc) is 2.15. The lowest BCUT2D eigenvalue weighted by atomic mass is 10.1. The van der Waals surface area contributed by atoms with Gasteiger partial charge in [-0.05, 0) is 18.1 Å². The molecule has 1 heteroatoms. The lowest BCUT2D eigenvalue weighted by Crippen LogP contribution is -1.78. The molecule has 0 aliphatic carbocycles. The van der Waals surface area contributed by atoms with Crippen molar-refractivity contribution in [2.24, 2.45) is 0 Å². The van der Waals surface area contributed by atoms with Gasteiger partial charge in [0.25, 0.3) is 0 Å². The first-order valence-electron chi connectivity index (χ1n) is 3.98. The monoisotopic (exact) mass is 159 g/mol. The molecule has 0 amide bonds. The van der Waals surface area contributed by atoms with E-state index >= 15 is 0 Å². The van der Waals surface area contributed by atoms with Crippen LogP contribution in [0.3, 0.4) is 0 Å². The Kier molecular flexibility index (Phi) is 3.27. The molecule has 0 aliphatic rings. The predicted molar refractivity (Wildman–Crippen MR) is 49.8 cm³/mol. The van der Waals surface area contributed by atoms with Crippen molar-refractivity contribution in [1.82, 2.24) is 0 Å². The summed E-state index contributed by atoms with van der Waals surface area (Å²) in [5.74, 6) is 0. The second-order valence-corrected chi connectivity index (χ2v) is 2.49. The smallest absolute Gasteiger partial charge is 0.150 e. The zero-order valence-electron chi connectivity index (χ0n) is 7.08. The summed E-state index contributed by atoms with van der Waals surface area (Å²) in [5.41, 5.74) is 1.80. The summed E-state index contributed by atoms with van der Waals surface area (Å²) in [5, 5.41) is 0. The Morgan fingerprint density at radius 2 is 1.83 bits per heavy atom. The number of carbonyl (C=O) groups excluding carboxylic acids is 1. The third kappa shape index (κ3) is 2.35. The first-order chi connectivity index (χ1) is 5.86. The molecule has 0 N–H and O–H groups in total. The van der Waals surface area contributed by atoms with Crippen molar-refractivity contribution >= 4 is 12.4 Å². The van der Waals surface area contributed by atoms with Crippen LogP contribution in [-0.2, 0) is 0 Å². The number of carbonyl (C=O) groups is 1. The molecule has 61 valence electrons. The molecule has 0 aromatic heterocycles. The number of hydrogen-bond acceptors (Lipinski definition) is 1. The van der Waals surface area contributed by atoms with Gasteiger partial charge in [-0.3, -0.25) is 4.79 Å². The summed E-state index contributed by atoms with van der Waals surface area (Å²) in [6.45, 7) is 2.04. The van der Waals surface area contributed by atoms with Crippen molar-refractivity contribution < 1.29 is 4.79 Å². The number of rotatable bonds is 3. The van der Waals surface area contributed by atoms with Crippen LogP contribution in [0.5, 0.6) is 0 Å². The number of hydrogen-bond donors (Lipinski definition) is 0. The summed E-state index contributed by atoms with van der Waals surface area (Å²) in [7, 11) is 0. The van der Waals surface area contributed by atoms with Crippen molar-refractivity contribution in [3.05, 3.63) is 41.5 Å². The lowest BCUT2D eigenvalue weighted by Gasteiger charge is -1.92. The van der Waals surface area contributed by atoms with E-state index in [1.807, 2.05) is 25.1 Å². The molecule has 0 saturated heterocycles. The van der Waals surface area contributed by atoms with E-state index in [0.29, 0.717) is 5.56 Å². The van der Waals surface area contributed by atoms with Crippen LogP contribution in [0.2, 0.25) is 0 Å². The van der Waals surface area contributed by atoms with Gasteiger partial charge in [0, 0.05) is 5.56 Å². The first kappa shape index (κ1) is 8.72. The third-order valence-electron chi connectivity index (χ3n) is 1.55. The normalized spacial score (nSPS) is 10.4. The third-order valence-corrected chi connectivity index (χ3v) is 1.55. The summed E-state index contributed by atoms with van der Waals surface area (Å²) in [6.07, 6.45) is 6.77. The van der Waals surface area contributed by atoms with Gasteiger partial charge in [0.15, 0.2) is 0 Å². The van der Waals surface area contributed by atoms with Crippen LogP contribution in [0.1, 0.15) is 29.3 Å². The summed E-state index contributed by atoms with van der Waals surface area (Å²) in [4.78, 5) is 10.3. The Morgan fingerprint density at radius 1 is 1.25 bits per heavy atom. The summed E-state index contributed by atoms with van der Waals surface area (Å²) >= 11 is 0. The Labute approximate surface area is 72.7 Å². The fourth-order valence-corrected chi connectivity index (χ4v) is 0.891. The molecule has 0 atom stereocenters. The van der Waals surface area contributed by atoms with Crippen molar-refractivity contribution in [2.75, 3.05) is 0 Å². The van der Waals surface area contributed by atoms with Crippen LogP contribution in [0.4, 0.5) is 0 Å². The molecule has 1 aromatic rings. The van der Waals surface area contributed by atoms with E-state index in [1.54, 1.807) is 12.1 Å². The van der Waals surface area contributed by atoms with Crippen LogP contribution in [0.25, 0.3) is 6.08 Å². The molecule has 0 spiro atoms. The molecular weight excluding hydrogens is 148 g/mol. The maximum atomic E-state index is 10.3. The van der Waals surface area contributed by atoms with E-state index in [2.05, 4.69) is 6.08 Å². The standard InChI is InChI=1S/C11H11O/c1-2-3-4-10-5-7-11(9-12)8-6-10/h4-9H,2H2,1H3. The SMILES string of the molecule is CC/[C]=C/c1ccc(C=O)cc1. The Bertz CT molecular complexity index is 270. The van der Waals surface area contributed by atoms with Gasteiger partial charge in [-0.15, -0.1) is 0 Å². The maximum Gasteiger partial charge on any atom is 0.150 e. The fourth-order valence-electron chi connectivity index (χ4n) is 0.891. The highest BCUT2D eigenvalue weighted by Gasteiger charge is 1.88. The van der Waals surface area contributed by atoms with E-state index in [0.717, 1.165) is 18.3 Å². The molecule has 0 unspecified atom stereocenters. The van der Waals surface area contributed by atoms with Crippen molar-refractivity contribution in [1.29, 1.82) is 0 Å².